The zero-order valence-corrected chi connectivity index (χ0v) is 19.1. The largest absolute Gasteiger partial charge is 0.477 e. The highest BCUT2D eigenvalue weighted by Crippen LogP contribution is 2.30. The van der Waals surface area contributed by atoms with E-state index in [2.05, 4.69) is 4.98 Å². The molecule has 1 aliphatic heterocycles. The van der Waals surface area contributed by atoms with Crippen LogP contribution in [0.1, 0.15) is 16.8 Å². The Labute approximate surface area is 198 Å². The van der Waals surface area contributed by atoms with Crippen molar-refractivity contribution in [2.75, 3.05) is 38.6 Å². The fourth-order valence-electron chi connectivity index (χ4n) is 4.20. The van der Waals surface area contributed by atoms with Crippen LogP contribution < -0.4 is 10.3 Å². The van der Waals surface area contributed by atoms with E-state index in [-0.39, 0.29) is 48.0 Å². The van der Waals surface area contributed by atoms with Crippen molar-refractivity contribution in [3.05, 3.63) is 63.7 Å². The summed E-state index contributed by atoms with van der Waals surface area (Å²) in [5.41, 5.74) is -3.28. The van der Waals surface area contributed by atoms with E-state index in [0.717, 1.165) is 29.0 Å². The predicted octanol–water partition coefficient (Wildman–Crippen LogP) is 2.43. The van der Waals surface area contributed by atoms with Crippen molar-refractivity contribution in [1.82, 2.24) is 14.5 Å². The summed E-state index contributed by atoms with van der Waals surface area (Å²) in [5.74, 6) is -4.52. The number of hydrogen-bond acceptors (Lipinski definition) is 6. The van der Waals surface area contributed by atoms with Gasteiger partial charge in [0.1, 0.15) is 17.2 Å². The number of halogens is 4. The van der Waals surface area contributed by atoms with Crippen LogP contribution in [0.3, 0.4) is 0 Å². The van der Waals surface area contributed by atoms with Gasteiger partial charge in [-0.2, -0.15) is 0 Å². The van der Waals surface area contributed by atoms with Crippen LogP contribution in [0, 0.1) is 17.5 Å². The van der Waals surface area contributed by atoms with Gasteiger partial charge in [-0.1, -0.05) is 0 Å². The van der Waals surface area contributed by atoms with Crippen LogP contribution in [-0.2, 0) is 0 Å². The molecule has 0 amide bonds. The van der Waals surface area contributed by atoms with Crippen molar-refractivity contribution in [3.63, 3.8) is 0 Å². The number of carboxylic acid groups (broad SMARTS) is 1. The maximum atomic E-state index is 15.0. The number of carboxylic acids is 1. The van der Waals surface area contributed by atoms with Gasteiger partial charge in [0.15, 0.2) is 17.3 Å². The minimum atomic E-state index is -1.59. The molecule has 12 heteroatoms. The van der Waals surface area contributed by atoms with Crippen molar-refractivity contribution < 1.29 is 28.2 Å². The number of aromatic carboxylic acids is 1. The normalized spacial score (nSPS) is 17.9. The Hall–Kier alpha value is -3.15. The highest BCUT2D eigenvalue weighted by molar-refractivity contribution is 5.92. The number of aliphatic hydroxyl groups is 1. The summed E-state index contributed by atoms with van der Waals surface area (Å²) in [6.45, 7) is 0.692. The molecule has 8 nitrogen and oxygen atoms in total. The van der Waals surface area contributed by atoms with E-state index < -0.39 is 40.0 Å². The van der Waals surface area contributed by atoms with Crippen LogP contribution in [0.5, 0.6) is 0 Å². The van der Waals surface area contributed by atoms with E-state index in [9.17, 15) is 28.6 Å². The Morgan fingerprint density at radius 1 is 1.21 bits per heavy atom. The third-order valence-electron chi connectivity index (χ3n) is 5.56. The standard InChI is InChI=1S/C22H21F3N4O4.ClH/c1-27(2)10-22(33)5-6-28(11-22)20-16(25)8-13-18(30)14(21(31)32)9-29(19(13)26-20)17-4-3-12(23)7-15(17)24;/h3-4,7-9,33H,5-6,10-11H2,1-2H3,(H,31,32);1H. The van der Waals surface area contributed by atoms with Gasteiger partial charge in [-0.3, -0.25) is 9.36 Å². The van der Waals surface area contributed by atoms with E-state index in [1.54, 1.807) is 19.0 Å². The lowest BCUT2D eigenvalue weighted by atomic mass is 10.0. The first-order valence-corrected chi connectivity index (χ1v) is 10.1. The molecule has 4 rings (SSSR count). The van der Waals surface area contributed by atoms with Crippen LogP contribution >= 0.6 is 12.4 Å². The molecule has 1 atom stereocenters. The number of benzene rings is 1. The quantitative estimate of drug-likeness (QED) is 0.557. The summed E-state index contributed by atoms with van der Waals surface area (Å²) >= 11 is 0. The van der Waals surface area contributed by atoms with Crippen molar-refractivity contribution in [2.24, 2.45) is 0 Å². The predicted molar refractivity (Wildman–Crippen MR) is 122 cm³/mol. The fourth-order valence-corrected chi connectivity index (χ4v) is 4.20. The Morgan fingerprint density at radius 3 is 2.53 bits per heavy atom. The molecule has 1 aromatic carbocycles. The molecule has 3 heterocycles. The number of pyridine rings is 2. The molecule has 3 aromatic rings. The molecule has 1 fully saturated rings. The molecule has 0 bridgehead atoms. The van der Waals surface area contributed by atoms with E-state index in [4.69, 9.17) is 0 Å². The van der Waals surface area contributed by atoms with Crippen molar-refractivity contribution in [2.45, 2.75) is 12.0 Å². The maximum absolute atomic E-state index is 15.0. The van der Waals surface area contributed by atoms with Crippen LogP contribution in [0.4, 0.5) is 19.0 Å². The molecule has 1 saturated heterocycles. The molecule has 0 saturated carbocycles. The smallest absolute Gasteiger partial charge is 0.341 e. The van der Waals surface area contributed by atoms with Crippen LogP contribution in [0.25, 0.3) is 16.7 Å². The van der Waals surface area contributed by atoms with Crippen molar-refractivity contribution in [3.8, 4) is 5.69 Å². The third-order valence-corrected chi connectivity index (χ3v) is 5.56. The molecule has 34 heavy (non-hydrogen) atoms. The van der Waals surface area contributed by atoms with Crippen molar-refractivity contribution >= 4 is 35.2 Å². The van der Waals surface area contributed by atoms with Gasteiger partial charge in [-0.25, -0.2) is 22.9 Å². The summed E-state index contributed by atoms with van der Waals surface area (Å²) in [4.78, 5) is 31.8. The first-order valence-electron chi connectivity index (χ1n) is 10.1. The molecular formula is C22H22ClF3N4O4. The van der Waals surface area contributed by atoms with Crippen LogP contribution in [-0.4, -0.2) is 70.0 Å². The second kappa shape index (κ2) is 9.24. The summed E-state index contributed by atoms with van der Waals surface area (Å²) in [5, 5.41) is 19.8. The Morgan fingerprint density at radius 2 is 1.91 bits per heavy atom. The monoisotopic (exact) mass is 498 g/mol. The van der Waals surface area contributed by atoms with Gasteiger partial charge in [0.2, 0.25) is 5.43 Å². The molecule has 0 spiro atoms. The topological polar surface area (TPSA) is 98.9 Å². The van der Waals surface area contributed by atoms with E-state index in [0.29, 0.717) is 19.0 Å². The van der Waals surface area contributed by atoms with Crippen molar-refractivity contribution in [1.29, 1.82) is 0 Å². The number of anilines is 1. The van der Waals surface area contributed by atoms with Gasteiger partial charge in [-0.05, 0) is 38.7 Å². The lowest BCUT2D eigenvalue weighted by molar-refractivity contribution is 0.0365. The Balaban J connectivity index is 0.00000324. The second-order valence-electron chi connectivity index (χ2n) is 8.44. The SMILES string of the molecule is CN(C)CC1(O)CCN(c2nc3c(cc2F)c(=O)c(C(=O)O)cn3-c2ccc(F)cc2F)C1.Cl. The number of carbonyl (C=O) groups is 1. The van der Waals surface area contributed by atoms with Gasteiger partial charge >= 0.3 is 5.97 Å². The third kappa shape index (κ3) is 4.59. The molecular weight excluding hydrogens is 477 g/mol. The molecule has 182 valence electrons. The number of aromatic nitrogens is 2. The minimum absolute atomic E-state index is 0. The van der Waals surface area contributed by atoms with E-state index in [1.165, 1.54) is 4.90 Å². The second-order valence-corrected chi connectivity index (χ2v) is 8.44. The molecule has 0 aliphatic carbocycles. The Bertz CT molecular complexity index is 1330. The lowest BCUT2D eigenvalue weighted by Crippen LogP contribution is -2.42. The molecule has 1 aliphatic rings. The number of nitrogens with zero attached hydrogens (tertiary/aromatic N) is 4. The minimum Gasteiger partial charge on any atom is -0.477 e. The molecule has 2 aromatic heterocycles. The highest BCUT2D eigenvalue weighted by atomic mass is 35.5. The maximum Gasteiger partial charge on any atom is 0.341 e. The van der Waals surface area contributed by atoms with E-state index >= 15 is 4.39 Å². The average molecular weight is 499 g/mol. The van der Waals surface area contributed by atoms with Gasteiger partial charge in [0, 0.05) is 31.9 Å². The van der Waals surface area contributed by atoms with Crippen LogP contribution in [0.15, 0.2) is 35.3 Å². The number of fused-ring (bicyclic) bond motifs is 1. The molecule has 0 radical (unpaired) electrons. The number of rotatable bonds is 5. The summed E-state index contributed by atoms with van der Waals surface area (Å²) < 4.78 is 44.0. The number of likely N-dealkylation sites (N-methyl/N-ethyl adjacent to an activating group) is 1. The zero-order chi connectivity index (χ0) is 24.1. The van der Waals surface area contributed by atoms with E-state index in [1.807, 2.05) is 0 Å². The number of hydrogen-bond donors (Lipinski definition) is 2. The highest BCUT2D eigenvalue weighted by Gasteiger charge is 2.38. The van der Waals surface area contributed by atoms with Gasteiger partial charge in [0.25, 0.3) is 0 Å². The first kappa shape index (κ1) is 25.5. The molecule has 2 N–H and O–H groups in total. The summed E-state index contributed by atoms with van der Waals surface area (Å²) in [6.07, 6.45) is 1.23. The van der Waals surface area contributed by atoms with Gasteiger partial charge < -0.3 is 20.0 Å². The van der Waals surface area contributed by atoms with Crippen LogP contribution in [0.2, 0.25) is 0 Å². The summed E-state index contributed by atoms with van der Waals surface area (Å²) in [6, 6.07) is 3.49. The average Bonchev–Trinajstić information content (AvgIpc) is 3.09. The first-order chi connectivity index (χ1) is 15.5. The Kier molecular flexibility index (Phi) is 6.92. The zero-order valence-electron chi connectivity index (χ0n) is 18.3. The molecule has 1 unspecified atom stereocenters. The fraction of sp³-hybridized carbons (Fsp3) is 0.318. The lowest BCUT2D eigenvalue weighted by Gasteiger charge is -2.27. The van der Waals surface area contributed by atoms with Gasteiger partial charge in [-0.15, -0.1) is 12.4 Å². The number of β-amino-alcohol motifs (C(OH)–C–C–N with tert-alkyl or cyclic N) is 1. The van der Waals surface area contributed by atoms with Gasteiger partial charge in [0.05, 0.1) is 16.7 Å². The summed E-state index contributed by atoms with van der Waals surface area (Å²) in [7, 11) is 3.59.